The second kappa shape index (κ2) is 9.18. The summed E-state index contributed by atoms with van der Waals surface area (Å²) in [7, 11) is -3.88. The van der Waals surface area contributed by atoms with Crippen molar-refractivity contribution in [1.82, 2.24) is 4.47 Å². The highest BCUT2D eigenvalue weighted by atomic mass is 35.5. The number of hydrogen-bond donors (Lipinski definition) is 2. The lowest BCUT2D eigenvalue weighted by Crippen LogP contribution is -2.26. The van der Waals surface area contributed by atoms with Gasteiger partial charge in [0.25, 0.3) is 15.9 Å². The number of hydrogen-bond acceptors (Lipinski definition) is 7. The molecule has 2 N–H and O–H groups in total. The van der Waals surface area contributed by atoms with Crippen molar-refractivity contribution in [2.24, 2.45) is 0 Å². The fourth-order valence-corrected chi connectivity index (χ4v) is 4.38. The van der Waals surface area contributed by atoms with Gasteiger partial charge in [-0.25, -0.2) is 16.8 Å². The van der Waals surface area contributed by atoms with Crippen molar-refractivity contribution in [3.05, 3.63) is 47.0 Å². The minimum absolute atomic E-state index is 0.0276. The maximum absolute atomic E-state index is 12.6. The molecule has 0 saturated heterocycles. The van der Waals surface area contributed by atoms with Crippen LogP contribution in [0.25, 0.3) is 0 Å². The smallest absolute Gasteiger partial charge is 0.266 e. The summed E-state index contributed by atoms with van der Waals surface area (Å²) in [5.41, 5.74) is 0.518. The molecule has 0 aromatic heterocycles. The number of amides is 1. The van der Waals surface area contributed by atoms with Gasteiger partial charge in [-0.2, -0.15) is 0 Å². The van der Waals surface area contributed by atoms with Gasteiger partial charge in [-0.1, -0.05) is 16.1 Å². The van der Waals surface area contributed by atoms with Crippen LogP contribution in [0.5, 0.6) is 5.75 Å². The first-order valence-corrected chi connectivity index (χ1v) is 11.9. The number of halogens is 1. The average Bonchev–Trinajstić information content (AvgIpc) is 2.67. The Morgan fingerprint density at radius 1 is 1.07 bits per heavy atom. The highest BCUT2D eigenvalue weighted by molar-refractivity contribution is 7.92. The summed E-state index contributed by atoms with van der Waals surface area (Å²) in [5.74, 6) is -0.437. The number of anilines is 2. The van der Waals surface area contributed by atoms with Crippen molar-refractivity contribution in [3.63, 3.8) is 0 Å². The molecule has 10 nitrogen and oxygen atoms in total. The van der Waals surface area contributed by atoms with Gasteiger partial charge in [-0.05, 0) is 30.3 Å². The number of benzene rings is 2. The summed E-state index contributed by atoms with van der Waals surface area (Å²) >= 11 is 5.99. The number of carbonyl (C=O) groups is 1. The van der Waals surface area contributed by atoms with Crippen LogP contribution in [-0.2, 0) is 24.9 Å². The molecule has 2 aromatic carbocycles. The molecule has 164 valence electrons. The van der Waals surface area contributed by atoms with E-state index in [1.165, 1.54) is 51.6 Å². The number of hydroxylamine groups is 1. The molecule has 0 aliphatic heterocycles. The minimum Gasteiger partial charge on any atom is -0.494 e. The van der Waals surface area contributed by atoms with Crippen molar-refractivity contribution in [3.8, 4) is 5.75 Å². The molecular weight excluding hydrogens is 458 g/mol. The van der Waals surface area contributed by atoms with E-state index in [9.17, 15) is 21.6 Å². The third kappa shape index (κ3) is 5.61. The lowest BCUT2D eigenvalue weighted by atomic mass is 10.2. The Morgan fingerprint density at radius 2 is 1.73 bits per heavy atom. The van der Waals surface area contributed by atoms with E-state index in [-0.39, 0.29) is 26.9 Å². The van der Waals surface area contributed by atoms with Gasteiger partial charge >= 0.3 is 0 Å². The summed E-state index contributed by atoms with van der Waals surface area (Å²) in [5, 5.41) is 2.51. The van der Waals surface area contributed by atoms with Crippen LogP contribution in [0.2, 0.25) is 5.02 Å². The Bertz CT molecular complexity index is 1170. The molecule has 2 aromatic rings. The van der Waals surface area contributed by atoms with E-state index in [0.717, 1.165) is 12.3 Å². The minimum atomic E-state index is -4.07. The molecule has 2 rings (SSSR count). The fraction of sp³-hybridized carbons (Fsp3) is 0.235. The Morgan fingerprint density at radius 3 is 2.30 bits per heavy atom. The van der Waals surface area contributed by atoms with Crippen molar-refractivity contribution >= 4 is 48.9 Å². The topological polar surface area (TPSA) is 131 Å². The molecular formula is C17H20ClN3O7S2. The molecule has 0 saturated carbocycles. The van der Waals surface area contributed by atoms with Crippen LogP contribution in [0, 0.1) is 0 Å². The zero-order valence-electron chi connectivity index (χ0n) is 16.5. The summed E-state index contributed by atoms with van der Waals surface area (Å²) in [4.78, 5) is 17.0. The van der Waals surface area contributed by atoms with Crippen LogP contribution in [0.4, 0.5) is 11.4 Å². The number of nitrogens with zero attached hydrogens (tertiary/aromatic N) is 1. The molecule has 0 unspecified atom stereocenters. The van der Waals surface area contributed by atoms with Crippen molar-refractivity contribution in [1.29, 1.82) is 0 Å². The summed E-state index contributed by atoms with van der Waals surface area (Å²) in [6.45, 7) is 0. The zero-order chi connectivity index (χ0) is 22.7. The highest BCUT2D eigenvalue weighted by Crippen LogP contribution is 2.30. The Balaban J connectivity index is 2.34. The molecule has 0 fully saturated rings. The monoisotopic (exact) mass is 477 g/mol. The first-order chi connectivity index (χ1) is 13.9. The van der Waals surface area contributed by atoms with Gasteiger partial charge in [-0.3, -0.25) is 14.4 Å². The van der Waals surface area contributed by atoms with Crippen LogP contribution < -0.4 is 14.8 Å². The number of rotatable bonds is 8. The van der Waals surface area contributed by atoms with E-state index in [0.29, 0.717) is 10.2 Å². The van der Waals surface area contributed by atoms with Crippen LogP contribution in [0.15, 0.2) is 41.3 Å². The van der Waals surface area contributed by atoms with E-state index in [2.05, 4.69) is 10.0 Å². The summed E-state index contributed by atoms with van der Waals surface area (Å²) in [6.07, 6.45) is 0.995. The van der Waals surface area contributed by atoms with Gasteiger partial charge in [0, 0.05) is 24.4 Å². The summed E-state index contributed by atoms with van der Waals surface area (Å²) < 4.78 is 55.8. The first-order valence-electron chi connectivity index (χ1n) is 8.19. The molecule has 0 spiro atoms. The quantitative estimate of drug-likeness (QED) is 0.557. The first kappa shape index (κ1) is 23.9. The lowest BCUT2D eigenvalue weighted by molar-refractivity contribution is -0.0258. The van der Waals surface area contributed by atoms with Crippen LogP contribution >= 0.6 is 11.6 Å². The van der Waals surface area contributed by atoms with Crippen molar-refractivity contribution in [2.45, 2.75) is 4.90 Å². The predicted molar refractivity (Wildman–Crippen MR) is 113 cm³/mol. The maximum Gasteiger partial charge on any atom is 0.266 e. The Kier molecular flexibility index (Phi) is 7.31. The molecule has 13 heteroatoms. The van der Waals surface area contributed by atoms with Crippen LogP contribution in [0.1, 0.15) is 10.4 Å². The van der Waals surface area contributed by atoms with E-state index >= 15 is 0 Å². The lowest BCUT2D eigenvalue weighted by Gasteiger charge is -2.16. The third-order valence-corrected chi connectivity index (χ3v) is 6.57. The largest absolute Gasteiger partial charge is 0.494 e. The SMILES string of the molecule is COc1cc(NC(=O)c2ccc(Cl)c(S(=O)(=O)N(C)OC)c2)ccc1NS(C)(=O)=O. The van der Waals surface area contributed by atoms with Gasteiger partial charge in [0.1, 0.15) is 10.6 Å². The predicted octanol–water partition coefficient (Wildman–Crippen LogP) is 2.15. The molecule has 0 aliphatic rings. The average molecular weight is 478 g/mol. The van der Waals surface area contributed by atoms with Gasteiger partial charge in [0.15, 0.2) is 0 Å². The maximum atomic E-state index is 12.6. The van der Waals surface area contributed by atoms with Crippen LogP contribution in [-0.4, -0.2) is 54.7 Å². The number of nitrogens with one attached hydrogen (secondary N) is 2. The normalized spacial score (nSPS) is 11.9. The molecule has 0 bridgehead atoms. The Labute approximate surface area is 179 Å². The van der Waals surface area contributed by atoms with Crippen molar-refractivity contribution < 1.29 is 31.2 Å². The van der Waals surface area contributed by atoms with E-state index in [1.54, 1.807) is 0 Å². The number of methoxy groups -OCH3 is 1. The molecule has 1 amide bonds. The van der Waals surface area contributed by atoms with E-state index in [4.69, 9.17) is 21.2 Å². The summed E-state index contributed by atoms with van der Waals surface area (Å²) in [6, 6.07) is 8.06. The second-order valence-electron chi connectivity index (χ2n) is 5.99. The van der Waals surface area contributed by atoms with E-state index < -0.39 is 26.0 Å². The fourth-order valence-electron chi connectivity index (χ4n) is 2.34. The van der Waals surface area contributed by atoms with Gasteiger partial charge < -0.3 is 10.1 Å². The number of ether oxygens (including phenoxy) is 1. The van der Waals surface area contributed by atoms with Crippen LogP contribution in [0.3, 0.4) is 0 Å². The van der Waals surface area contributed by atoms with E-state index in [1.807, 2.05) is 0 Å². The standard InChI is InChI=1S/C17H20ClN3O7S2/c1-21(28-3)30(25,26)16-9-11(5-7-13(16)18)17(22)19-12-6-8-14(15(10-12)27-2)20-29(4,23)24/h5-10,20H,1-4H3,(H,19,22). The molecule has 0 atom stereocenters. The second-order valence-corrected chi connectivity index (χ2v) is 10.0. The highest BCUT2D eigenvalue weighted by Gasteiger charge is 2.25. The van der Waals surface area contributed by atoms with Gasteiger partial charge in [-0.15, -0.1) is 0 Å². The Hall–Kier alpha value is -2.38. The van der Waals surface area contributed by atoms with Gasteiger partial charge in [0.2, 0.25) is 10.0 Å². The number of sulfonamides is 2. The van der Waals surface area contributed by atoms with Crippen molar-refractivity contribution in [2.75, 3.05) is 37.6 Å². The molecule has 0 radical (unpaired) electrons. The zero-order valence-corrected chi connectivity index (χ0v) is 18.9. The molecule has 0 heterocycles. The third-order valence-electron chi connectivity index (χ3n) is 3.82. The molecule has 0 aliphatic carbocycles. The van der Waals surface area contributed by atoms with Gasteiger partial charge in [0.05, 0.1) is 31.2 Å². The number of carbonyl (C=O) groups excluding carboxylic acids is 1. The molecule has 30 heavy (non-hydrogen) atoms.